The molecule has 1 atom stereocenters. The Bertz CT molecular complexity index is 491. The van der Waals surface area contributed by atoms with Crippen LogP contribution in [0.25, 0.3) is 0 Å². The van der Waals surface area contributed by atoms with E-state index in [-0.39, 0.29) is 0 Å². The fraction of sp³-hybridized carbons (Fsp3) is 0.533. The van der Waals surface area contributed by atoms with Crippen LogP contribution in [0.3, 0.4) is 0 Å². The van der Waals surface area contributed by atoms with E-state index in [9.17, 15) is 5.11 Å². The van der Waals surface area contributed by atoms with Crippen LogP contribution < -0.4 is 10.6 Å². The first kappa shape index (κ1) is 13.7. The molecule has 0 saturated carbocycles. The molecular formula is C15H21N3O. The van der Waals surface area contributed by atoms with Crippen LogP contribution in [0.15, 0.2) is 18.2 Å². The van der Waals surface area contributed by atoms with Crippen molar-refractivity contribution in [2.45, 2.75) is 38.2 Å². The Labute approximate surface area is 114 Å². The maximum Gasteiger partial charge on any atom is 0.0670 e. The van der Waals surface area contributed by atoms with Gasteiger partial charge in [0, 0.05) is 24.5 Å². The second kappa shape index (κ2) is 5.50. The Morgan fingerprint density at radius 1 is 1.42 bits per heavy atom. The summed E-state index contributed by atoms with van der Waals surface area (Å²) in [5.41, 5.74) is 7.96. The van der Waals surface area contributed by atoms with Gasteiger partial charge in [-0.25, -0.2) is 0 Å². The Balaban J connectivity index is 2.18. The Hall–Kier alpha value is -1.73. The van der Waals surface area contributed by atoms with E-state index in [4.69, 9.17) is 11.0 Å². The monoisotopic (exact) mass is 259 g/mol. The highest BCUT2D eigenvalue weighted by Crippen LogP contribution is 2.27. The Kier molecular flexibility index (Phi) is 3.96. The third kappa shape index (κ3) is 3.39. The summed E-state index contributed by atoms with van der Waals surface area (Å²) in [6, 6.07) is 8.00. The molecule has 4 nitrogen and oxygen atoms in total. The molecule has 102 valence electrons. The van der Waals surface area contributed by atoms with Gasteiger partial charge in [0.2, 0.25) is 0 Å². The number of rotatable bonds is 2. The summed E-state index contributed by atoms with van der Waals surface area (Å²) in [6.07, 6.45) is 2.92. The number of nitriles is 1. The van der Waals surface area contributed by atoms with Crippen LogP contribution in [0.4, 0.5) is 11.4 Å². The topological polar surface area (TPSA) is 73.3 Å². The smallest absolute Gasteiger partial charge is 0.0670 e. The van der Waals surface area contributed by atoms with Gasteiger partial charge in [0.1, 0.15) is 0 Å². The number of benzene rings is 1. The minimum Gasteiger partial charge on any atom is -0.398 e. The molecule has 0 aliphatic carbocycles. The lowest BCUT2D eigenvalue weighted by atomic mass is 9.98. The largest absolute Gasteiger partial charge is 0.398 e. The first-order chi connectivity index (χ1) is 9.02. The number of hydrogen-bond acceptors (Lipinski definition) is 4. The predicted octanol–water partition coefficient (Wildman–Crippen LogP) is 2.08. The molecule has 0 amide bonds. The van der Waals surface area contributed by atoms with Gasteiger partial charge in [-0.1, -0.05) is 0 Å². The van der Waals surface area contributed by atoms with Crippen molar-refractivity contribution in [3.8, 4) is 6.07 Å². The number of nitrogen functional groups attached to an aromatic ring is 1. The van der Waals surface area contributed by atoms with Crippen molar-refractivity contribution >= 4 is 11.4 Å². The van der Waals surface area contributed by atoms with E-state index in [0.717, 1.165) is 43.6 Å². The van der Waals surface area contributed by atoms with E-state index in [1.54, 1.807) is 0 Å². The Morgan fingerprint density at radius 3 is 2.95 bits per heavy atom. The van der Waals surface area contributed by atoms with Gasteiger partial charge in [-0.05, 0) is 49.9 Å². The minimum atomic E-state index is -0.557. The molecule has 4 heteroatoms. The summed E-state index contributed by atoms with van der Waals surface area (Å²) in [5.74, 6) is 0. The molecule has 1 heterocycles. The normalized spacial score (nSPS) is 23.7. The van der Waals surface area contributed by atoms with E-state index in [0.29, 0.717) is 12.1 Å². The lowest BCUT2D eigenvalue weighted by molar-refractivity contribution is 0.0481. The Morgan fingerprint density at radius 2 is 2.21 bits per heavy atom. The van der Waals surface area contributed by atoms with Crippen molar-refractivity contribution in [1.82, 2.24) is 0 Å². The van der Waals surface area contributed by atoms with Gasteiger partial charge >= 0.3 is 0 Å². The standard InChI is InChI=1S/C15H21N3O/c1-15(19)6-2-9-18(10-7-15)13-3-4-14(17)12(11-13)5-8-16/h3-4,11,19H,2,5-7,9-10,17H2,1H3. The number of aliphatic hydroxyl groups is 1. The van der Waals surface area contributed by atoms with Crippen molar-refractivity contribution in [2.24, 2.45) is 0 Å². The van der Waals surface area contributed by atoms with E-state index in [2.05, 4.69) is 11.0 Å². The quantitative estimate of drug-likeness (QED) is 0.797. The average Bonchev–Trinajstić information content (AvgIpc) is 2.53. The average molecular weight is 259 g/mol. The molecule has 0 radical (unpaired) electrons. The highest BCUT2D eigenvalue weighted by atomic mass is 16.3. The lowest BCUT2D eigenvalue weighted by Crippen LogP contribution is -2.28. The molecular weight excluding hydrogens is 238 g/mol. The summed E-state index contributed by atoms with van der Waals surface area (Å²) in [6.45, 7) is 3.68. The second-order valence-corrected chi connectivity index (χ2v) is 5.56. The van der Waals surface area contributed by atoms with Gasteiger partial charge in [-0.15, -0.1) is 0 Å². The van der Waals surface area contributed by atoms with Crippen LogP contribution in [-0.2, 0) is 6.42 Å². The van der Waals surface area contributed by atoms with Crippen LogP contribution in [0, 0.1) is 11.3 Å². The van der Waals surface area contributed by atoms with Gasteiger partial charge in [0.15, 0.2) is 0 Å². The van der Waals surface area contributed by atoms with Gasteiger partial charge in [-0.3, -0.25) is 0 Å². The summed E-state index contributed by atoms with van der Waals surface area (Å²) in [4.78, 5) is 2.27. The third-order valence-electron chi connectivity index (χ3n) is 3.82. The minimum absolute atomic E-state index is 0.339. The van der Waals surface area contributed by atoms with E-state index >= 15 is 0 Å². The maximum atomic E-state index is 10.1. The zero-order valence-corrected chi connectivity index (χ0v) is 11.4. The third-order valence-corrected chi connectivity index (χ3v) is 3.82. The van der Waals surface area contributed by atoms with Gasteiger partial charge in [-0.2, -0.15) is 5.26 Å². The first-order valence-corrected chi connectivity index (χ1v) is 6.74. The molecule has 2 rings (SSSR count). The molecule has 19 heavy (non-hydrogen) atoms. The highest BCUT2D eigenvalue weighted by Gasteiger charge is 2.25. The van der Waals surface area contributed by atoms with Crippen molar-refractivity contribution < 1.29 is 5.11 Å². The number of nitrogens with zero attached hydrogens (tertiary/aromatic N) is 2. The molecule has 1 saturated heterocycles. The number of hydrogen-bond donors (Lipinski definition) is 2. The second-order valence-electron chi connectivity index (χ2n) is 5.56. The zero-order chi connectivity index (χ0) is 13.9. The molecule has 1 unspecified atom stereocenters. The first-order valence-electron chi connectivity index (χ1n) is 6.74. The fourth-order valence-corrected chi connectivity index (χ4v) is 2.55. The van der Waals surface area contributed by atoms with Crippen molar-refractivity contribution in [3.05, 3.63) is 23.8 Å². The van der Waals surface area contributed by atoms with Crippen LogP contribution in [-0.4, -0.2) is 23.8 Å². The number of anilines is 2. The van der Waals surface area contributed by atoms with Crippen LogP contribution in [0.5, 0.6) is 0 Å². The summed E-state index contributed by atoms with van der Waals surface area (Å²) < 4.78 is 0. The molecule has 0 bridgehead atoms. The van der Waals surface area contributed by atoms with E-state index in [1.165, 1.54) is 0 Å². The molecule has 1 aromatic carbocycles. The van der Waals surface area contributed by atoms with Crippen molar-refractivity contribution in [2.75, 3.05) is 23.7 Å². The molecule has 3 N–H and O–H groups in total. The molecule has 0 spiro atoms. The maximum absolute atomic E-state index is 10.1. The molecule has 1 aliphatic heterocycles. The summed E-state index contributed by atoms with van der Waals surface area (Å²) >= 11 is 0. The predicted molar refractivity (Wildman–Crippen MR) is 76.9 cm³/mol. The number of nitrogens with two attached hydrogens (primary N) is 1. The van der Waals surface area contributed by atoms with Crippen molar-refractivity contribution in [1.29, 1.82) is 5.26 Å². The fourth-order valence-electron chi connectivity index (χ4n) is 2.55. The van der Waals surface area contributed by atoms with Gasteiger partial charge in [0.05, 0.1) is 18.1 Å². The lowest BCUT2D eigenvalue weighted by Gasteiger charge is -2.25. The summed E-state index contributed by atoms with van der Waals surface area (Å²) in [5, 5.41) is 18.9. The van der Waals surface area contributed by atoms with Gasteiger partial charge < -0.3 is 15.7 Å². The van der Waals surface area contributed by atoms with Gasteiger partial charge in [0.25, 0.3) is 0 Å². The van der Waals surface area contributed by atoms with E-state index < -0.39 is 5.60 Å². The molecule has 1 fully saturated rings. The van der Waals surface area contributed by atoms with Crippen LogP contribution in [0.2, 0.25) is 0 Å². The summed E-state index contributed by atoms with van der Waals surface area (Å²) in [7, 11) is 0. The SMILES string of the molecule is CC1(O)CCCN(c2ccc(N)c(CC#N)c2)CC1. The van der Waals surface area contributed by atoms with E-state index in [1.807, 2.05) is 25.1 Å². The van der Waals surface area contributed by atoms with Crippen LogP contribution >= 0.6 is 0 Å². The molecule has 1 aliphatic rings. The molecule has 1 aromatic rings. The highest BCUT2D eigenvalue weighted by molar-refractivity contribution is 5.59. The molecule has 0 aromatic heterocycles. The zero-order valence-electron chi connectivity index (χ0n) is 11.4. The van der Waals surface area contributed by atoms with Crippen molar-refractivity contribution in [3.63, 3.8) is 0 Å². The van der Waals surface area contributed by atoms with Crippen LogP contribution in [0.1, 0.15) is 31.7 Å².